The van der Waals surface area contributed by atoms with E-state index in [2.05, 4.69) is 31.2 Å². The topological polar surface area (TPSA) is 59.1 Å². The molecule has 2 aliphatic heterocycles. The first kappa shape index (κ1) is 25.8. The van der Waals surface area contributed by atoms with Gasteiger partial charge in [0.15, 0.2) is 0 Å². The predicted octanol–water partition coefficient (Wildman–Crippen LogP) is 6.82. The molecular weight excluding hydrogens is 452 g/mol. The van der Waals surface area contributed by atoms with Gasteiger partial charge in [-0.3, -0.25) is 0 Å². The van der Waals surface area contributed by atoms with Crippen LogP contribution in [0.1, 0.15) is 69.7 Å². The second kappa shape index (κ2) is 11.2. The summed E-state index contributed by atoms with van der Waals surface area (Å²) in [6.45, 7) is 9.96. The molecule has 0 radical (unpaired) electrons. The Bertz CT molecular complexity index is 1090. The highest BCUT2D eigenvalue weighted by Gasteiger charge is 2.32. The Hall–Kier alpha value is -3.28. The number of piperidine rings is 1. The minimum atomic E-state index is -0.519. The van der Waals surface area contributed by atoms with Crippen molar-refractivity contribution in [3.8, 4) is 0 Å². The number of amides is 2. The Morgan fingerprint density at radius 2 is 1.78 bits per heavy atom. The zero-order valence-electron chi connectivity index (χ0n) is 21.9. The average molecular weight is 491 g/mol. The zero-order valence-corrected chi connectivity index (χ0v) is 21.9. The van der Waals surface area contributed by atoms with E-state index in [4.69, 9.17) is 9.47 Å². The van der Waals surface area contributed by atoms with Crippen molar-refractivity contribution in [1.29, 1.82) is 0 Å². The Morgan fingerprint density at radius 3 is 2.53 bits per heavy atom. The van der Waals surface area contributed by atoms with Crippen molar-refractivity contribution in [1.82, 2.24) is 9.80 Å². The standard InChI is InChI=1S/C30H38N2O4/c1-22-15-16-27(32(19-22)29(34)35-21-23-10-6-5-7-11-23)25-13-8-12-24(18-25)26-14-9-17-31(20-26)28(33)36-30(2,3)4/h5-8,10-14,18,22,27H,9,15-17,19-21H2,1-4H3/t22-,27+/m0/s1. The van der Waals surface area contributed by atoms with Gasteiger partial charge in [0.25, 0.3) is 0 Å². The lowest BCUT2D eigenvalue weighted by Gasteiger charge is -2.38. The maximum absolute atomic E-state index is 13.2. The van der Waals surface area contributed by atoms with E-state index in [1.54, 1.807) is 4.90 Å². The molecule has 2 aromatic carbocycles. The molecule has 1 fully saturated rings. The first-order valence-corrected chi connectivity index (χ1v) is 12.9. The van der Waals surface area contributed by atoms with E-state index in [0.29, 0.717) is 25.6 Å². The molecule has 0 saturated carbocycles. The summed E-state index contributed by atoms with van der Waals surface area (Å²) in [5.41, 5.74) is 3.75. The fourth-order valence-electron chi connectivity index (χ4n) is 4.88. The van der Waals surface area contributed by atoms with Crippen LogP contribution in [0.25, 0.3) is 5.57 Å². The third-order valence-electron chi connectivity index (χ3n) is 6.70. The summed E-state index contributed by atoms with van der Waals surface area (Å²) in [6, 6.07) is 18.1. The first-order valence-electron chi connectivity index (χ1n) is 12.9. The largest absolute Gasteiger partial charge is 0.445 e. The molecule has 2 aromatic rings. The lowest BCUT2D eigenvalue weighted by Crippen LogP contribution is -2.42. The molecule has 6 nitrogen and oxygen atoms in total. The monoisotopic (exact) mass is 490 g/mol. The van der Waals surface area contributed by atoms with Crippen molar-refractivity contribution >= 4 is 17.8 Å². The van der Waals surface area contributed by atoms with Gasteiger partial charge in [0.1, 0.15) is 12.2 Å². The van der Waals surface area contributed by atoms with Gasteiger partial charge in [-0.05, 0) is 74.3 Å². The fourth-order valence-corrected chi connectivity index (χ4v) is 4.88. The number of nitrogens with zero attached hydrogens (tertiary/aromatic N) is 2. The van der Waals surface area contributed by atoms with Crippen LogP contribution >= 0.6 is 0 Å². The predicted molar refractivity (Wildman–Crippen MR) is 141 cm³/mol. The molecule has 1 saturated heterocycles. The van der Waals surface area contributed by atoms with Gasteiger partial charge in [-0.15, -0.1) is 0 Å². The van der Waals surface area contributed by atoms with Crippen LogP contribution in [0, 0.1) is 5.92 Å². The molecular formula is C30H38N2O4. The van der Waals surface area contributed by atoms with E-state index in [9.17, 15) is 9.59 Å². The number of carbonyl (C=O) groups excluding carboxylic acids is 2. The number of rotatable bonds is 4. The number of likely N-dealkylation sites (tertiary alicyclic amines) is 1. The van der Waals surface area contributed by atoms with E-state index in [1.807, 2.05) is 62.1 Å². The number of carbonyl (C=O) groups is 2. The molecule has 2 heterocycles. The molecule has 0 spiro atoms. The fraction of sp³-hybridized carbons (Fsp3) is 0.467. The highest BCUT2D eigenvalue weighted by molar-refractivity contribution is 5.76. The van der Waals surface area contributed by atoms with Gasteiger partial charge in [0.05, 0.1) is 6.04 Å². The van der Waals surface area contributed by atoms with Crippen molar-refractivity contribution in [2.75, 3.05) is 19.6 Å². The second-order valence-electron chi connectivity index (χ2n) is 10.9. The van der Waals surface area contributed by atoms with Crippen LogP contribution in [-0.4, -0.2) is 47.2 Å². The normalized spacial score (nSPS) is 20.5. The van der Waals surface area contributed by atoms with Crippen LogP contribution in [0.5, 0.6) is 0 Å². The van der Waals surface area contributed by atoms with Crippen LogP contribution in [0.15, 0.2) is 60.7 Å². The van der Waals surface area contributed by atoms with Crippen LogP contribution in [0.4, 0.5) is 9.59 Å². The van der Waals surface area contributed by atoms with Crippen molar-refractivity contribution in [2.24, 2.45) is 5.92 Å². The average Bonchev–Trinajstić information content (AvgIpc) is 2.87. The van der Waals surface area contributed by atoms with Crippen molar-refractivity contribution in [2.45, 2.75) is 65.2 Å². The molecule has 0 bridgehead atoms. The van der Waals surface area contributed by atoms with Gasteiger partial charge in [0, 0.05) is 19.6 Å². The Morgan fingerprint density at radius 1 is 1.00 bits per heavy atom. The Kier molecular flexibility index (Phi) is 8.02. The minimum absolute atomic E-state index is 0.0319. The van der Waals surface area contributed by atoms with Gasteiger partial charge >= 0.3 is 12.2 Å². The van der Waals surface area contributed by atoms with Crippen LogP contribution in [0.3, 0.4) is 0 Å². The maximum Gasteiger partial charge on any atom is 0.410 e. The zero-order chi connectivity index (χ0) is 25.7. The summed E-state index contributed by atoms with van der Waals surface area (Å²) < 4.78 is 11.3. The molecule has 2 amide bonds. The number of ether oxygens (including phenoxy) is 2. The summed E-state index contributed by atoms with van der Waals surface area (Å²) in [6.07, 6.45) is 4.40. The summed E-state index contributed by atoms with van der Waals surface area (Å²) >= 11 is 0. The maximum atomic E-state index is 13.2. The molecule has 0 N–H and O–H groups in total. The lowest BCUT2D eigenvalue weighted by molar-refractivity contribution is 0.0273. The van der Waals surface area contributed by atoms with E-state index in [1.165, 1.54) is 0 Å². The third-order valence-corrected chi connectivity index (χ3v) is 6.70. The molecule has 2 atom stereocenters. The van der Waals surface area contributed by atoms with Gasteiger partial charge in [-0.2, -0.15) is 0 Å². The number of hydrogen-bond acceptors (Lipinski definition) is 4. The van der Waals surface area contributed by atoms with E-state index < -0.39 is 5.60 Å². The lowest BCUT2D eigenvalue weighted by atomic mass is 9.88. The molecule has 0 unspecified atom stereocenters. The highest BCUT2D eigenvalue weighted by atomic mass is 16.6. The second-order valence-corrected chi connectivity index (χ2v) is 10.9. The summed E-state index contributed by atoms with van der Waals surface area (Å²) in [5, 5.41) is 0. The van der Waals surface area contributed by atoms with Crippen molar-refractivity contribution < 1.29 is 19.1 Å². The van der Waals surface area contributed by atoms with Crippen LogP contribution in [0.2, 0.25) is 0 Å². The molecule has 6 heteroatoms. The molecule has 36 heavy (non-hydrogen) atoms. The minimum Gasteiger partial charge on any atom is -0.445 e. The summed E-state index contributed by atoms with van der Waals surface area (Å²) in [4.78, 5) is 29.4. The van der Waals surface area contributed by atoms with E-state index in [0.717, 1.165) is 41.5 Å². The van der Waals surface area contributed by atoms with Crippen molar-refractivity contribution in [3.05, 3.63) is 77.4 Å². The van der Waals surface area contributed by atoms with E-state index >= 15 is 0 Å². The smallest absolute Gasteiger partial charge is 0.410 e. The molecule has 0 aromatic heterocycles. The SMILES string of the molecule is C[C@H]1CC[C@H](c2cccc(C3=CCCN(C(=O)OC(C)(C)C)C3)c2)N(C(=O)OCc2ccccc2)C1. The molecule has 4 rings (SSSR count). The Balaban J connectivity index is 1.48. The van der Waals surface area contributed by atoms with Crippen LogP contribution < -0.4 is 0 Å². The quantitative estimate of drug-likeness (QED) is 0.472. The number of benzene rings is 2. The van der Waals surface area contributed by atoms with Crippen LogP contribution in [-0.2, 0) is 16.1 Å². The number of hydrogen-bond donors (Lipinski definition) is 0. The first-order chi connectivity index (χ1) is 17.2. The van der Waals surface area contributed by atoms with Gasteiger partial charge < -0.3 is 19.3 Å². The summed E-state index contributed by atoms with van der Waals surface area (Å²) in [7, 11) is 0. The molecule has 0 aliphatic carbocycles. The van der Waals surface area contributed by atoms with Gasteiger partial charge in [0.2, 0.25) is 0 Å². The van der Waals surface area contributed by atoms with Crippen molar-refractivity contribution in [3.63, 3.8) is 0 Å². The van der Waals surface area contributed by atoms with E-state index in [-0.39, 0.29) is 24.8 Å². The van der Waals surface area contributed by atoms with Gasteiger partial charge in [-0.25, -0.2) is 9.59 Å². The molecule has 2 aliphatic rings. The van der Waals surface area contributed by atoms with Gasteiger partial charge in [-0.1, -0.05) is 61.5 Å². The third kappa shape index (κ3) is 6.68. The Labute approximate surface area is 214 Å². The molecule has 192 valence electrons. The highest BCUT2D eigenvalue weighted by Crippen LogP contribution is 2.35. The summed E-state index contributed by atoms with van der Waals surface area (Å²) in [5.74, 6) is 0.428.